The molecule has 0 aliphatic rings. The lowest BCUT2D eigenvalue weighted by molar-refractivity contribution is 0.144. The summed E-state index contributed by atoms with van der Waals surface area (Å²) in [6.45, 7) is 1.60. The Morgan fingerprint density at radius 2 is 1.93 bits per heavy atom. The molecule has 0 aliphatic heterocycles. The molecule has 0 bridgehead atoms. The molecular weight excluding hydrogens is 190 g/mol. The van der Waals surface area contributed by atoms with E-state index in [0.29, 0.717) is 5.56 Å². The minimum atomic E-state index is -2.58. The fraction of sp³-hybridized carbons (Fsp3) is 0.444. The average Bonchev–Trinajstić information content (AvgIpc) is 2.16. The maximum absolute atomic E-state index is 12.3. The summed E-state index contributed by atoms with van der Waals surface area (Å²) < 4.78 is 24.5. The third-order valence-corrected chi connectivity index (χ3v) is 1.87. The highest BCUT2D eigenvalue weighted by atomic mass is 19.3. The molecule has 2 atom stereocenters. The van der Waals surface area contributed by atoms with Crippen molar-refractivity contribution in [3.05, 3.63) is 29.6 Å². The SMILES string of the molecule is CC(N)C(O)c1cncc(C(F)F)c1. The van der Waals surface area contributed by atoms with Crippen LogP contribution in [0.3, 0.4) is 0 Å². The third-order valence-electron chi connectivity index (χ3n) is 1.87. The molecule has 0 saturated carbocycles. The van der Waals surface area contributed by atoms with Gasteiger partial charge in [0, 0.05) is 29.6 Å². The maximum Gasteiger partial charge on any atom is 0.265 e. The highest BCUT2D eigenvalue weighted by molar-refractivity contribution is 5.21. The number of nitrogens with two attached hydrogens (primary N) is 1. The van der Waals surface area contributed by atoms with E-state index >= 15 is 0 Å². The average molecular weight is 202 g/mol. The van der Waals surface area contributed by atoms with Gasteiger partial charge in [-0.2, -0.15) is 0 Å². The summed E-state index contributed by atoms with van der Waals surface area (Å²) in [6, 6.07) is 0.704. The van der Waals surface area contributed by atoms with E-state index in [2.05, 4.69) is 4.98 Å². The fourth-order valence-electron chi connectivity index (χ4n) is 1.06. The van der Waals surface area contributed by atoms with Crippen LogP contribution in [0.25, 0.3) is 0 Å². The van der Waals surface area contributed by atoms with Gasteiger partial charge in [0.15, 0.2) is 0 Å². The summed E-state index contributed by atoms with van der Waals surface area (Å²) in [5.74, 6) is 0. The molecule has 3 nitrogen and oxygen atoms in total. The molecular formula is C9H12F2N2O. The van der Waals surface area contributed by atoms with Gasteiger partial charge in [0.2, 0.25) is 0 Å². The zero-order valence-corrected chi connectivity index (χ0v) is 7.69. The second kappa shape index (κ2) is 4.43. The number of alkyl halides is 2. The standard InChI is InChI=1S/C9H12F2N2O/c1-5(12)8(14)6-2-7(9(10)11)4-13-3-6/h2-5,8-9,14H,12H2,1H3. The second-order valence-electron chi connectivity index (χ2n) is 3.16. The van der Waals surface area contributed by atoms with E-state index in [1.165, 1.54) is 12.3 Å². The monoisotopic (exact) mass is 202 g/mol. The number of aliphatic hydroxyl groups excluding tert-OH is 1. The minimum Gasteiger partial charge on any atom is -0.387 e. The number of hydrogen-bond donors (Lipinski definition) is 2. The zero-order valence-electron chi connectivity index (χ0n) is 7.69. The van der Waals surface area contributed by atoms with E-state index in [-0.39, 0.29) is 5.56 Å². The van der Waals surface area contributed by atoms with Crippen molar-refractivity contribution in [2.75, 3.05) is 0 Å². The molecule has 3 N–H and O–H groups in total. The molecule has 78 valence electrons. The molecule has 14 heavy (non-hydrogen) atoms. The number of halogens is 2. The van der Waals surface area contributed by atoms with Crippen LogP contribution in [-0.2, 0) is 0 Å². The van der Waals surface area contributed by atoms with Crippen LogP contribution in [0.2, 0.25) is 0 Å². The van der Waals surface area contributed by atoms with Crippen molar-refractivity contribution in [2.45, 2.75) is 25.5 Å². The Kier molecular flexibility index (Phi) is 3.49. The molecule has 1 aromatic heterocycles. The Morgan fingerprint density at radius 3 is 2.43 bits per heavy atom. The van der Waals surface area contributed by atoms with Crippen LogP contribution in [0, 0.1) is 0 Å². The van der Waals surface area contributed by atoms with Crippen LogP contribution < -0.4 is 5.73 Å². The van der Waals surface area contributed by atoms with Crippen LogP contribution in [-0.4, -0.2) is 16.1 Å². The van der Waals surface area contributed by atoms with E-state index in [1.54, 1.807) is 6.92 Å². The summed E-state index contributed by atoms with van der Waals surface area (Å²) >= 11 is 0. The van der Waals surface area contributed by atoms with Gasteiger partial charge in [-0.1, -0.05) is 0 Å². The topological polar surface area (TPSA) is 59.1 Å². The van der Waals surface area contributed by atoms with Gasteiger partial charge in [-0.3, -0.25) is 4.98 Å². The quantitative estimate of drug-likeness (QED) is 0.778. The molecule has 0 aliphatic carbocycles. The Bertz CT molecular complexity index is 305. The molecule has 2 unspecified atom stereocenters. The molecule has 0 radical (unpaired) electrons. The van der Waals surface area contributed by atoms with Gasteiger partial charge in [0.05, 0.1) is 6.10 Å². The van der Waals surface area contributed by atoms with Gasteiger partial charge < -0.3 is 10.8 Å². The Balaban J connectivity index is 2.93. The third kappa shape index (κ3) is 2.46. The highest BCUT2D eigenvalue weighted by Crippen LogP contribution is 2.22. The van der Waals surface area contributed by atoms with Crippen LogP contribution in [0.1, 0.15) is 30.6 Å². The Morgan fingerprint density at radius 1 is 1.36 bits per heavy atom. The minimum absolute atomic E-state index is 0.206. The van der Waals surface area contributed by atoms with Gasteiger partial charge >= 0.3 is 0 Å². The highest BCUT2D eigenvalue weighted by Gasteiger charge is 2.15. The maximum atomic E-state index is 12.3. The van der Waals surface area contributed by atoms with Crippen molar-refractivity contribution < 1.29 is 13.9 Å². The van der Waals surface area contributed by atoms with Gasteiger partial charge in [-0.05, 0) is 13.0 Å². The molecule has 0 fully saturated rings. The first-order valence-electron chi connectivity index (χ1n) is 4.19. The van der Waals surface area contributed by atoms with Crippen molar-refractivity contribution in [2.24, 2.45) is 5.73 Å². The first-order valence-corrected chi connectivity index (χ1v) is 4.19. The molecule has 1 heterocycles. The molecule has 0 aromatic carbocycles. The zero-order chi connectivity index (χ0) is 10.7. The van der Waals surface area contributed by atoms with E-state index < -0.39 is 18.6 Å². The van der Waals surface area contributed by atoms with Crippen LogP contribution in [0.5, 0.6) is 0 Å². The van der Waals surface area contributed by atoms with E-state index in [0.717, 1.165) is 6.20 Å². The number of pyridine rings is 1. The summed E-state index contributed by atoms with van der Waals surface area (Å²) in [5.41, 5.74) is 5.54. The van der Waals surface area contributed by atoms with Gasteiger partial charge in [-0.15, -0.1) is 0 Å². The van der Waals surface area contributed by atoms with Crippen LogP contribution in [0.4, 0.5) is 8.78 Å². The predicted octanol–water partition coefficient (Wildman–Crippen LogP) is 1.40. The number of hydrogen-bond acceptors (Lipinski definition) is 3. The van der Waals surface area contributed by atoms with Crippen molar-refractivity contribution in [3.63, 3.8) is 0 Å². The molecule has 5 heteroatoms. The summed E-state index contributed by atoms with van der Waals surface area (Å²) in [7, 11) is 0. The van der Waals surface area contributed by atoms with Crippen LogP contribution in [0.15, 0.2) is 18.5 Å². The summed E-state index contributed by atoms with van der Waals surface area (Å²) in [6.07, 6.45) is -1.13. The van der Waals surface area contributed by atoms with Gasteiger partial charge in [-0.25, -0.2) is 8.78 Å². The number of aliphatic hydroxyl groups is 1. The van der Waals surface area contributed by atoms with Gasteiger partial charge in [0.1, 0.15) is 0 Å². The van der Waals surface area contributed by atoms with E-state index in [1.807, 2.05) is 0 Å². The lowest BCUT2D eigenvalue weighted by atomic mass is 10.0. The van der Waals surface area contributed by atoms with Crippen molar-refractivity contribution in [3.8, 4) is 0 Å². The molecule has 1 rings (SSSR count). The largest absolute Gasteiger partial charge is 0.387 e. The van der Waals surface area contributed by atoms with Crippen molar-refractivity contribution >= 4 is 0 Å². The van der Waals surface area contributed by atoms with Gasteiger partial charge in [0.25, 0.3) is 6.43 Å². The molecule has 0 saturated heterocycles. The number of rotatable bonds is 3. The first-order chi connectivity index (χ1) is 6.52. The second-order valence-corrected chi connectivity index (χ2v) is 3.16. The van der Waals surface area contributed by atoms with Crippen molar-refractivity contribution in [1.29, 1.82) is 0 Å². The first kappa shape index (κ1) is 11.0. The van der Waals surface area contributed by atoms with E-state index in [4.69, 9.17) is 5.73 Å². The Hall–Kier alpha value is -1.07. The fourth-order valence-corrected chi connectivity index (χ4v) is 1.06. The van der Waals surface area contributed by atoms with Crippen molar-refractivity contribution in [1.82, 2.24) is 4.98 Å². The predicted molar refractivity (Wildman–Crippen MR) is 47.8 cm³/mol. The molecule has 0 amide bonds. The molecule has 1 aromatic rings. The van der Waals surface area contributed by atoms with E-state index in [9.17, 15) is 13.9 Å². The normalized spacial score (nSPS) is 15.6. The summed E-state index contributed by atoms with van der Waals surface area (Å²) in [5, 5.41) is 9.49. The smallest absolute Gasteiger partial charge is 0.265 e. The number of nitrogens with zero attached hydrogens (tertiary/aromatic N) is 1. The Labute approximate surface area is 80.6 Å². The van der Waals surface area contributed by atoms with Crippen LogP contribution >= 0.6 is 0 Å². The molecule has 0 spiro atoms. The lowest BCUT2D eigenvalue weighted by Crippen LogP contribution is -2.24. The number of aromatic nitrogens is 1. The lowest BCUT2D eigenvalue weighted by Gasteiger charge is -2.14. The summed E-state index contributed by atoms with van der Waals surface area (Å²) in [4.78, 5) is 3.61.